The normalized spacial score (nSPS) is 10.2. The lowest BCUT2D eigenvalue weighted by Crippen LogP contribution is -2.37. The van der Waals surface area contributed by atoms with Crippen molar-refractivity contribution in [2.24, 2.45) is 0 Å². The number of rotatable bonds is 7. The quantitative estimate of drug-likeness (QED) is 0.650. The number of hydrogen-bond acceptors (Lipinski definition) is 6. The number of ether oxygens (including phenoxy) is 2. The van der Waals surface area contributed by atoms with Gasteiger partial charge in [-0.1, -0.05) is 6.07 Å². The Labute approximate surface area is 169 Å². The molecule has 2 rings (SSSR count). The molecule has 144 valence electrons. The summed E-state index contributed by atoms with van der Waals surface area (Å²) in [6, 6.07) is 8.47. The first kappa shape index (κ1) is 20.9. The largest absolute Gasteiger partial charge is 0.496 e. The highest BCUT2D eigenvalue weighted by Gasteiger charge is 2.17. The van der Waals surface area contributed by atoms with Crippen molar-refractivity contribution in [1.29, 1.82) is 0 Å². The van der Waals surface area contributed by atoms with Gasteiger partial charge < -0.3 is 19.7 Å². The fraction of sp³-hybridized carbons (Fsp3) is 0.278. The van der Waals surface area contributed by atoms with Crippen LogP contribution in [0, 0.1) is 0 Å². The Balaban J connectivity index is 1.95. The summed E-state index contributed by atoms with van der Waals surface area (Å²) >= 11 is 4.62. The summed E-state index contributed by atoms with van der Waals surface area (Å²) in [6.45, 7) is 0.133. The molecule has 1 N–H and O–H groups in total. The Morgan fingerprint density at radius 1 is 1.19 bits per heavy atom. The fourth-order valence-electron chi connectivity index (χ4n) is 2.30. The molecule has 0 fully saturated rings. The number of likely N-dealkylation sites (N-methyl/N-ethyl adjacent to an activating group) is 1. The molecular formula is C18H19BrN2O5S. The monoisotopic (exact) mass is 454 g/mol. The minimum Gasteiger partial charge on any atom is -0.496 e. The molecule has 1 heterocycles. The van der Waals surface area contributed by atoms with Gasteiger partial charge in [-0.05, 0) is 45.8 Å². The molecule has 1 aromatic heterocycles. The van der Waals surface area contributed by atoms with Crippen LogP contribution in [0.25, 0.3) is 0 Å². The number of benzene rings is 1. The van der Waals surface area contributed by atoms with Crippen LogP contribution in [0.3, 0.4) is 0 Å². The van der Waals surface area contributed by atoms with E-state index in [-0.39, 0.29) is 30.5 Å². The molecule has 0 saturated carbocycles. The van der Waals surface area contributed by atoms with Gasteiger partial charge in [0.05, 0.1) is 29.4 Å². The molecule has 0 saturated heterocycles. The summed E-state index contributed by atoms with van der Waals surface area (Å²) in [5.74, 6) is -0.660. The molecule has 0 aliphatic heterocycles. The van der Waals surface area contributed by atoms with Crippen LogP contribution in [0.4, 0.5) is 0 Å². The predicted molar refractivity (Wildman–Crippen MR) is 105 cm³/mol. The zero-order valence-electron chi connectivity index (χ0n) is 15.1. The average molecular weight is 455 g/mol. The van der Waals surface area contributed by atoms with Gasteiger partial charge in [-0.15, -0.1) is 11.3 Å². The molecule has 0 atom stereocenters. The molecule has 0 spiro atoms. The van der Waals surface area contributed by atoms with Gasteiger partial charge in [0, 0.05) is 13.6 Å². The summed E-state index contributed by atoms with van der Waals surface area (Å²) in [7, 11) is 4.32. The first-order valence-electron chi connectivity index (χ1n) is 7.88. The number of amides is 2. The maximum Gasteiger partial charge on any atom is 0.341 e. The lowest BCUT2D eigenvalue weighted by Gasteiger charge is -2.16. The Hall–Kier alpha value is -2.39. The molecule has 0 aliphatic rings. The van der Waals surface area contributed by atoms with Crippen LogP contribution in [-0.4, -0.2) is 50.5 Å². The van der Waals surface area contributed by atoms with Gasteiger partial charge in [0.1, 0.15) is 11.3 Å². The third-order valence-corrected chi connectivity index (χ3v) is 5.28. The molecule has 2 aromatic rings. The van der Waals surface area contributed by atoms with E-state index in [0.717, 1.165) is 3.79 Å². The summed E-state index contributed by atoms with van der Waals surface area (Å²) in [4.78, 5) is 38.1. The number of nitrogens with one attached hydrogen (secondary N) is 1. The summed E-state index contributed by atoms with van der Waals surface area (Å²) in [6.07, 6.45) is 0. The van der Waals surface area contributed by atoms with Crippen molar-refractivity contribution >= 4 is 45.1 Å². The molecule has 9 heteroatoms. The maximum atomic E-state index is 12.3. The first-order valence-corrected chi connectivity index (χ1v) is 9.49. The van der Waals surface area contributed by atoms with E-state index in [4.69, 9.17) is 9.47 Å². The van der Waals surface area contributed by atoms with Crippen molar-refractivity contribution in [3.05, 3.63) is 50.1 Å². The van der Waals surface area contributed by atoms with Gasteiger partial charge >= 0.3 is 5.97 Å². The van der Waals surface area contributed by atoms with Gasteiger partial charge in [-0.2, -0.15) is 0 Å². The second kappa shape index (κ2) is 9.52. The second-order valence-electron chi connectivity index (χ2n) is 5.57. The number of hydrogen-bond donors (Lipinski definition) is 1. The smallest absolute Gasteiger partial charge is 0.341 e. The molecule has 0 unspecified atom stereocenters. The van der Waals surface area contributed by atoms with E-state index in [9.17, 15) is 14.4 Å². The summed E-state index contributed by atoms with van der Waals surface area (Å²) in [5.41, 5.74) is 0.989. The summed E-state index contributed by atoms with van der Waals surface area (Å²) in [5, 5.41) is 2.73. The van der Waals surface area contributed by atoms with Crippen molar-refractivity contribution in [3.63, 3.8) is 0 Å². The van der Waals surface area contributed by atoms with E-state index in [1.807, 2.05) is 0 Å². The van der Waals surface area contributed by atoms with E-state index in [2.05, 4.69) is 21.2 Å². The highest BCUT2D eigenvalue weighted by molar-refractivity contribution is 9.11. The Morgan fingerprint density at radius 2 is 1.93 bits per heavy atom. The Kier molecular flexibility index (Phi) is 7.37. The Bertz CT molecular complexity index is 852. The summed E-state index contributed by atoms with van der Waals surface area (Å²) < 4.78 is 10.7. The Morgan fingerprint density at radius 3 is 2.52 bits per heavy atom. The van der Waals surface area contributed by atoms with E-state index in [1.165, 1.54) is 30.5 Å². The van der Waals surface area contributed by atoms with Crippen molar-refractivity contribution in [3.8, 4) is 5.75 Å². The zero-order chi connectivity index (χ0) is 20.0. The minimum atomic E-state index is -0.521. The maximum absolute atomic E-state index is 12.3. The molecule has 27 heavy (non-hydrogen) atoms. The van der Waals surface area contributed by atoms with E-state index >= 15 is 0 Å². The van der Waals surface area contributed by atoms with E-state index in [0.29, 0.717) is 16.2 Å². The van der Waals surface area contributed by atoms with Gasteiger partial charge in [0.25, 0.3) is 5.91 Å². The van der Waals surface area contributed by atoms with Crippen LogP contribution >= 0.6 is 27.3 Å². The number of carbonyl (C=O) groups is 3. The highest BCUT2D eigenvalue weighted by Crippen LogP contribution is 2.23. The van der Waals surface area contributed by atoms with E-state index in [1.54, 1.807) is 37.4 Å². The standard InChI is InChI=1S/C18H19BrN2O5S/c1-21(17(23)14-6-7-15(19)27-14)10-16(22)20-9-11-4-5-13(25-2)12(8-11)18(24)26-3/h4-8H,9-10H2,1-3H3,(H,20,22). The lowest BCUT2D eigenvalue weighted by molar-refractivity contribution is -0.121. The number of nitrogens with zero attached hydrogens (tertiary/aromatic N) is 1. The van der Waals surface area contributed by atoms with Crippen molar-refractivity contribution in [1.82, 2.24) is 10.2 Å². The van der Waals surface area contributed by atoms with Gasteiger partial charge in [-0.3, -0.25) is 9.59 Å². The molecule has 2 amide bonds. The number of methoxy groups -OCH3 is 2. The van der Waals surface area contributed by atoms with Crippen LogP contribution in [0.1, 0.15) is 25.6 Å². The van der Waals surface area contributed by atoms with Crippen LogP contribution in [0.5, 0.6) is 5.75 Å². The third kappa shape index (κ3) is 5.54. The lowest BCUT2D eigenvalue weighted by atomic mass is 10.1. The molecule has 7 nitrogen and oxygen atoms in total. The predicted octanol–water partition coefficient (Wildman–Crippen LogP) is 2.69. The topological polar surface area (TPSA) is 84.9 Å². The van der Waals surface area contributed by atoms with Gasteiger partial charge in [-0.25, -0.2) is 4.79 Å². The van der Waals surface area contributed by atoms with E-state index < -0.39 is 5.97 Å². The van der Waals surface area contributed by atoms with Crippen LogP contribution < -0.4 is 10.1 Å². The van der Waals surface area contributed by atoms with Crippen molar-refractivity contribution < 1.29 is 23.9 Å². The van der Waals surface area contributed by atoms with Gasteiger partial charge in [0.15, 0.2) is 0 Å². The number of carbonyl (C=O) groups excluding carboxylic acids is 3. The average Bonchev–Trinajstić information content (AvgIpc) is 3.11. The third-order valence-electron chi connectivity index (χ3n) is 3.67. The van der Waals surface area contributed by atoms with Crippen LogP contribution in [0.2, 0.25) is 0 Å². The second-order valence-corrected chi connectivity index (χ2v) is 8.03. The molecule has 1 aromatic carbocycles. The first-order chi connectivity index (χ1) is 12.8. The van der Waals surface area contributed by atoms with Crippen molar-refractivity contribution in [2.45, 2.75) is 6.54 Å². The minimum absolute atomic E-state index is 0.0750. The van der Waals surface area contributed by atoms with Crippen LogP contribution in [-0.2, 0) is 16.1 Å². The zero-order valence-corrected chi connectivity index (χ0v) is 17.5. The highest BCUT2D eigenvalue weighted by atomic mass is 79.9. The molecule has 0 radical (unpaired) electrons. The number of esters is 1. The fourth-order valence-corrected chi connectivity index (χ4v) is 3.68. The molecule has 0 bridgehead atoms. The van der Waals surface area contributed by atoms with Crippen molar-refractivity contribution in [2.75, 3.05) is 27.8 Å². The molecular weight excluding hydrogens is 436 g/mol. The number of thiophene rings is 1. The molecule has 0 aliphatic carbocycles. The number of halogens is 1. The SMILES string of the molecule is COC(=O)c1cc(CNC(=O)CN(C)C(=O)c2ccc(Br)s2)ccc1OC. The van der Waals surface area contributed by atoms with Crippen LogP contribution in [0.15, 0.2) is 34.1 Å². The van der Waals surface area contributed by atoms with Gasteiger partial charge in [0.2, 0.25) is 5.91 Å².